The second kappa shape index (κ2) is 5.86. The van der Waals surface area contributed by atoms with Crippen molar-refractivity contribution in [1.29, 1.82) is 0 Å². The van der Waals surface area contributed by atoms with E-state index in [1.165, 1.54) is 13.0 Å². The van der Waals surface area contributed by atoms with Crippen LogP contribution in [0.5, 0.6) is 0 Å². The predicted octanol–water partition coefficient (Wildman–Crippen LogP) is 2.67. The number of carbonyl (C=O) groups is 1. The molecule has 0 fully saturated rings. The molecule has 0 saturated carbocycles. The first-order valence-corrected chi connectivity index (χ1v) is 8.66. The van der Waals surface area contributed by atoms with Crippen LogP contribution in [0.1, 0.15) is 12.5 Å². The Bertz CT molecular complexity index is 909. The van der Waals surface area contributed by atoms with Crippen LogP contribution in [0.15, 0.2) is 41.3 Å². The number of hydrogen-bond donors (Lipinski definition) is 1. The van der Waals surface area contributed by atoms with Gasteiger partial charge in [0, 0.05) is 24.8 Å². The second-order valence-electron chi connectivity index (χ2n) is 5.42. The van der Waals surface area contributed by atoms with E-state index < -0.39 is 26.6 Å². The fourth-order valence-corrected chi connectivity index (χ4v) is 3.93. The third kappa shape index (κ3) is 2.84. The Kier molecular flexibility index (Phi) is 4.00. The van der Waals surface area contributed by atoms with Gasteiger partial charge in [-0.25, -0.2) is 17.2 Å². The molecule has 3 rings (SSSR count). The van der Waals surface area contributed by atoms with Crippen LogP contribution in [-0.4, -0.2) is 20.9 Å². The molecule has 5 nitrogen and oxygen atoms in total. The molecule has 1 aliphatic rings. The molecule has 0 bridgehead atoms. The van der Waals surface area contributed by atoms with Crippen molar-refractivity contribution in [2.75, 3.05) is 16.2 Å². The fraction of sp³-hybridized carbons (Fsp3) is 0.188. The van der Waals surface area contributed by atoms with Crippen molar-refractivity contribution >= 4 is 27.3 Å². The summed E-state index contributed by atoms with van der Waals surface area (Å²) in [4.78, 5) is 12.1. The summed E-state index contributed by atoms with van der Waals surface area (Å²) in [5.41, 5.74) is 1.68. The lowest BCUT2D eigenvalue weighted by atomic mass is 10.1. The molecule has 0 aromatic heterocycles. The molecule has 0 spiro atoms. The maximum atomic E-state index is 13.7. The number of rotatable bonds is 3. The fourth-order valence-electron chi connectivity index (χ4n) is 2.74. The molecule has 1 heterocycles. The number of anilines is 2. The summed E-state index contributed by atoms with van der Waals surface area (Å²) in [6, 6.07) is 7.48. The molecule has 1 amide bonds. The van der Waals surface area contributed by atoms with E-state index in [9.17, 15) is 22.0 Å². The lowest BCUT2D eigenvalue weighted by molar-refractivity contribution is -0.116. The van der Waals surface area contributed by atoms with Gasteiger partial charge in [0.15, 0.2) is 4.90 Å². The summed E-state index contributed by atoms with van der Waals surface area (Å²) in [6.45, 7) is 1.97. The Morgan fingerprint density at radius 1 is 1.17 bits per heavy atom. The molecule has 0 aliphatic carbocycles. The lowest BCUT2D eigenvalue weighted by Crippen LogP contribution is -2.25. The summed E-state index contributed by atoms with van der Waals surface area (Å²) in [6.07, 6.45) is 0.582. The van der Waals surface area contributed by atoms with E-state index in [4.69, 9.17) is 0 Å². The van der Waals surface area contributed by atoms with Crippen molar-refractivity contribution < 1.29 is 22.0 Å². The molecule has 0 atom stereocenters. The van der Waals surface area contributed by atoms with Gasteiger partial charge in [-0.05, 0) is 42.3 Å². The number of nitrogens with zero attached hydrogens (tertiary/aromatic N) is 1. The summed E-state index contributed by atoms with van der Waals surface area (Å²) >= 11 is 0. The number of carbonyl (C=O) groups excluding carboxylic acids is 1. The van der Waals surface area contributed by atoms with Crippen molar-refractivity contribution in [2.45, 2.75) is 18.2 Å². The van der Waals surface area contributed by atoms with E-state index in [1.807, 2.05) is 0 Å². The predicted molar refractivity (Wildman–Crippen MR) is 85.3 cm³/mol. The van der Waals surface area contributed by atoms with Crippen LogP contribution in [0.3, 0.4) is 0 Å². The van der Waals surface area contributed by atoms with Gasteiger partial charge < -0.3 is 4.90 Å². The highest BCUT2D eigenvalue weighted by molar-refractivity contribution is 7.92. The molecule has 2 aromatic carbocycles. The smallest absolute Gasteiger partial charge is 0.267 e. The minimum atomic E-state index is -4.40. The van der Waals surface area contributed by atoms with Gasteiger partial charge in [-0.3, -0.25) is 9.52 Å². The minimum absolute atomic E-state index is 0.101. The maximum absolute atomic E-state index is 13.7. The molecule has 8 heteroatoms. The molecule has 1 N–H and O–H groups in total. The van der Waals surface area contributed by atoms with E-state index in [-0.39, 0.29) is 11.6 Å². The van der Waals surface area contributed by atoms with Crippen LogP contribution in [0.4, 0.5) is 20.2 Å². The standard InChI is InChI=1S/C16H14F2N2O3S/c1-10(21)20-8-7-11-9-12(5-6-15(11)20)19-24(22,23)16-13(17)3-2-4-14(16)18/h2-6,9,19H,7-8H2,1H3. The maximum Gasteiger partial charge on any atom is 0.267 e. The normalized spacial score (nSPS) is 13.7. The second-order valence-corrected chi connectivity index (χ2v) is 7.04. The van der Waals surface area contributed by atoms with Crippen LogP contribution in [0.2, 0.25) is 0 Å². The van der Waals surface area contributed by atoms with Gasteiger partial charge >= 0.3 is 0 Å². The molecule has 2 aromatic rings. The van der Waals surface area contributed by atoms with Crippen molar-refractivity contribution in [2.24, 2.45) is 0 Å². The van der Waals surface area contributed by atoms with Gasteiger partial charge in [0.1, 0.15) is 11.6 Å². The van der Waals surface area contributed by atoms with Crippen LogP contribution < -0.4 is 9.62 Å². The minimum Gasteiger partial charge on any atom is -0.312 e. The SMILES string of the molecule is CC(=O)N1CCc2cc(NS(=O)(=O)c3c(F)cccc3F)ccc21. The number of halogens is 2. The van der Waals surface area contributed by atoms with Crippen LogP contribution in [0.25, 0.3) is 0 Å². The molecular formula is C16H14F2N2O3S. The molecule has 0 radical (unpaired) electrons. The van der Waals surface area contributed by atoms with Gasteiger partial charge in [-0.15, -0.1) is 0 Å². The molecule has 1 aliphatic heterocycles. The Labute approximate surface area is 138 Å². The molecule has 126 valence electrons. The third-order valence-corrected chi connectivity index (χ3v) is 5.23. The summed E-state index contributed by atoms with van der Waals surface area (Å²) < 4.78 is 54.1. The Balaban J connectivity index is 1.94. The van der Waals surface area contributed by atoms with Crippen LogP contribution in [0, 0.1) is 11.6 Å². The van der Waals surface area contributed by atoms with Gasteiger partial charge in [0.2, 0.25) is 5.91 Å². The first-order valence-electron chi connectivity index (χ1n) is 7.17. The largest absolute Gasteiger partial charge is 0.312 e. The topological polar surface area (TPSA) is 66.5 Å². The number of amides is 1. The summed E-state index contributed by atoms with van der Waals surface area (Å²) in [7, 11) is -4.40. The monoisotopic (exact) mass is 352 g/mol. The van der Waals surface area contributed by atoms with Crippen molar-refractivity contribution in [3.63, 3.8) is 0 Å². The first kappa shape index (κ1) is 16.4. The molecule has 24 heavy (non-hydrogen) atoms. The van der Waals surface area contributed by atoms with E-state index in [1.54, 1.807) is 17.0 Å². The zero-order valence-corrected chi connectivity index (χ0v) is 13.5. The van der Waals surface area contributed by atoms with Crippen molar-refractivity contribution in [1.82, 2.24) is 0 Å². The summed E-state index contributed by atoms with van der Waals surface area (Å²) in [5, 5.41) is 0. The van der Waals surface area contributed by atoms with E-state index >= 15 is 0 Å². The average molecular weight is 352 g/mol. The molecule has 0 saturated heterocycles. The highest BCUT2D eigenvalue weighted by Crippen LogP contribution is 2.31. The summed E-state index contributed by atoms with van der Waals surface area (Å²) in [5.74, 6) is -2.42. The third-order valence-electron chi connectivity index (χ3n) is 3.80. The van der Waals surface area contributed by atoms with E-state index in [0.29, 0.717) is 18.7 Å². The van der Waals surface area contributed by atoms with Crippen molar-refractivity contribution in [3.05, 3.63) is 53.6 Å². The highest BCUT2D eigenvalue weighted by Gasteiger charge is 2.26. The molecule has 0 unspecified atom stereocenters. The Hall–Kier alpha value is -2.48. The van der Waals surface area contributed by atoms with Gasteiger partial charge in [-0.1, -0.05) is 6.07 Å². The average Bonchev–Trinajstić information content (AvgIpc) is 2.89. The lowest BCUT2D eigenvalue weighted by Gasteiger charge is -2.15. The van der Waals surface area contributed by atoms with Crippen molar-refractivity contribution in [3.8, 4) is 0 Å². The van der Waals surface area contributed by atoms with Crippen LogP contribution in [-0.2, 0) is 21.2 Å². The van der Waals surface area contributed by atoms with E-state index in [0.717, 1.165) is 23.8 Å². The molecular weight excluding hydrogens is 338 g/mol. The Morgan fingerprint density at radius 3 is 2.46 bits per heavy atom. The van der Waals surface area contributed by atoms with Gasteiger partial charge in [0.25, 0.3) is 10.0 Å². The van der Waals surface area contributed by atoms with Gasteiger partial charge in [-0.2, -0.15) is 0 Å². The van der Waals surface area contributed by atoms with Gasteiger partial charge in [0.05, 0.1) is 0 Å². The quantitative estimate of drug-likeness (QED) is 0.924. The first-order chi connectivity index (χ1) is 11.3. The number of benzene rings is 2. The number of hydrogen-bond acceptors (Lipinski definition) is 3. The number of sulfonamides is 1. The zero-order valence-electron chi connectivity index (χ0n) is 12.7. The van der Waals surface area contributed by atoms with Crippen LogP contribution >= 0.6 is 0 Å². The number of fused-ring (bicyclic) bond motifs is 1. The Morgan fingerprint density at radius 2 is 1.83 bits per heavy atom. The highest BCUT2D eigenvalue weighted by atomic mass is 32.2. The number of nitrogens with one attached hydrogen (secondary N) is 1. The zero-order chi connectivity index (χ0) is 17.5. The van der Waals surface area contributed by atoms with E-state index in [2.05, 4.69) is 4.72 Å².